The van der Waals surface area contributed by atoms with E-state index in [9.17, 15) is 4.79 Å². The zero-order valence-electron chi connectivity index (χ0n) is 16.0. The molecule has 0 radical (unpaired) electrons. The summed E-state index contributed by atoms with van der Waals surface area (Å²) in [5, 5.41) is 4.13. The number of benzene rings is 1. The predicted octanol–water partition coefficient (Wildman–Crippen LogP) is 3.33. The Hall–Kier alpha value is -2.14. The van der Waals surface area contributed by atoms with Crippen molar-refractivity contribution < 1.29 is 9.32 Å². The number of nitrogens with zero attached hydrogens (tertiary/aromatic N) is 3. The fourth-order valence-corrected chi connectivity index (χ4v) is 4.25. The molecule has 2 heterocycles. The summed E-state index contributed by atoms with van der Waals surface area (Å²) in [5.41, 5.74) is 3.04. The van der Waals surface area contributed by atoms with Crippen LogP contribution in [0, 0.1) is 0 Å². The van der Waals surface area contributed by atoms with Gasteiger partial charge in [-0.3, -0.25) is 4.79 Å². The summed E-state index contributed by atoms with van der Waals surface area (Å²) in [6.45, 7) is 4.70. The third-order valence-electron chi connectivity index (χ3n) is 5.81. The Morgan fingerprint density at radius 2 is 1.85 bits per heavy atom. The summed E-state index contributed by atoms with van der Waals surface area (Å²) in [7, 11) is 0. The Morgan fingerprint density at radius 1 is 1.00 bits per heavy atom. The van der Waals surface area contributed by atoms with Crippen molar-refractivity contribution in [2.75, 3.05) is 32.7 Å². The summed E-state index contributed by atoms with van der Waals surface area (Å²) in [6.07, 6.45) is 7.42. The molecule has 0 saturated carbocycles. The van der Waals surface area contributed by atoms with E-state index in [1.807, 2.05) is 4.90 Å². The summed E-state index contributed by atoms with van der Waals surface area (Å²) in [4.78, 5) is 17.4. The van der Waals surface area contributed by atoms with Gasteiger partial charge in [-0.1, -0.05) is 35.5 Å². The third kappa shape index (κ3) is 4.41. The van der Waals surface area contributed by atoms with Gasteiger partial charge in [0, 0.05) is 31.6 Å². The number of hydrogen-bond donors (Lipinski definition) is 0. The summed E-state index contributed by atoms with van der Waals surface area (Å²) >= 11 is 0. The van der Waals surface area contributed by atoms with E-state index in [1.165, 1.54) is 5.56 Å². The molecule has 1 saturated heterocycles. The number of fused-ring (bicyclic) bond motifs is 1. The first-order chi connectivity index (χ1) is 13.3. The summed E-state index contributed by atoms with van der Waals surface area (Å²) < 4.78 is 5.44. The summed E-state index contributed by atoms with van der Waals surface area (Å²) in [5.74, 6) is 0.995. The van der Waals surface area contributed by atoms with Crippen molar-refractivity contribution >= 4 is 5.91 Å². The van der Waals surface area contributed by atoms with Gasteiger partial charge in [0.25, 0.3) is 5.91 Å². The molecule has 1 aliphatic carbocycles. The van der Waals surface area contributed by atoms with E-state index in [-0.39, 0.29) is 5.91 Å². The highest BCUT2D eigenvalue weighted by Gasteiger charge is 2.28. The number of aryl methyl sites for hydroxylation is 2. The lowest BCUT2D eigenvalue weighted by molar-refractivity contribution is 0.0750. The SMILES string of the molecule is O=C(c1noc2c1CCCC2)N1CCCN(CCCc2ccccc2)CC1. The van der Waals surface area contributed by atoms with E-state index in [0.717, 1.165) is 89.0 Å². The molecule has 5 heteroatoms. The molecule has 2 aliphatic rings. The molecule has 0 bridgehead atoms. The van der Waals surface area contributed by atoms with Crippen LogP contribution in [0.2, 0.25) is 0 Å². The van der Waals surface area contributed by atoms with Crippen LogP contribution < -0.4 is 0 Å². The lowest BCUT2D eigenvalue weighted by Crippen LogP contribution is -2.36. The molecule has 0 unspecified atom stereocenters. The van der Waals surface area contributed by atoms with E-state index in [4.69, 9.17) is 4.52 Å². The van der Waals surface area contributed by atoms with Crippen LogP contribution in [0.25, 0.3) is 0 Å². The molecule has 0 spiro atoms. The molecule has 27 heavy (non-hydrogen) atoms. The second-order valence-corrected chi connectivity index (χ2v) is 7.72. The number of carbonyl (C=O) groups is 1. The van der Waals surface area contributed by atoms with Crippen molar-refractivity contribution in [2.24, 2.45) is 0 Å². The van der Waals surface area contributed by atoms with Gasteiger partial charge in [0.05, 0.1) is 0 Å². The van der Waals surface area contributed by atoms with Gasteiger partial charge < -0.3 is 14.3 Å². The third-order valence-corrected chi connectivity index (χ3v) is 5.81. The number of aromatic nitrogens is 1. The molecule has 1 fully saturated rings. The average Bonchev–Trinajstić information content (AvgIpc) is 3.00. The Bertz CT molecular complexity index is 756. The molecule has 1 amide bonds. The first kappa shape index (κ1) is 18.2. The molecular weight excluding hydrogens is 338 g/mol. The van der Waals surface area contributed by atoms with Crippen LogP contribution in [0.1, 0.15) is 53.1 Å². The molecule has 0 N–H and O–H groups in total. The first-order valence-corrected chi connectivity index (χ1v) is 10.3. The molecular formula is C22H29N3O2. The quantitative estimate of drug-likeness (QED) is 0.813. The minimum Gasteiger partial charge on any atom is -0.360 e. The van der Waals surface area contributed by atoms with Crippen molar-refractivity contribution in [3.8, 4) is 0 Å². The van der Waals surface area contributed by atoms with Gasteiger partial charge in [-0.05, 0) is 57.2 Å². The Labute approximate surface area is 161 Å². The molecule has 5 nitrogen and oxygen atoms in total. The Kier molecular flexibility index (Phi) is 5.87. The van der Waals surface area contributed by atoms with Crippen LogP contribution in [0.5, 0.6) is 0 Å². The maximum atomic E-state index is 13.0. The van der Waals surface area contributed by atoms with Crippen molar-refractivity contribution in [3.05, 3.63) is 52.9 Å². The monoisotopic (exact) mass is 367 g/mol. The second kappa shape index (κ2) is 8.70. The number of carbonyl (C=O) groups excluding carboxylic acids is 1. The maximum Gasteiger partial charge on any atom is 0.276 e. The van der Waals surface area contributed by atoms with Gasteiger partial charge in [0.15, 0.2) is 5.69 Å². The minimum absolute atomic E-state index is 0.0630. The first-order valence-electron chi connectivity index (χ1n) is 10.3. The highest BCUT2D eigenvalue weighted by molar-refractivity contribution is 5.94. The van der Waals surface area contributed by atoms with Crippen molar-refractivity contribution in [2.45, 2.75) is 44.9 Å². The predicted molar refractivity (Wildman–Crippen MR) is 105 cm³/mol. The van der Waals surface area contributed by atoms with Crippen LogP contribution in [-0.2, 0) is 19.3 Å². The topological polar surface area (TPSA) is 49.6 Å². The van der Waals surface area contributed by atoms with Crippen LogP contribution in [0.15, 0.2) is 34.9 Å². The fraction of sp³-hybridized carbons (Fsp3) is 0.545. The largest absolute Gasteiger partial charge is 0.360 e. The van der Waals surface area contributed by atoms with E-state index in [1.54, 1.807) is 0 Å². The highest BCUT2D eigenvalue weighted by Crippen LogP contribution is 2.25. The molecule has 1 aliphatic heterocycles. The average molecular weight is 367 g/mol. The lowest BCUT2D eigenvalue weighted by atomic mass is 9.96. The number of hydrogen-bond acceptors (Lipinski definition) is 4. The minimum atomic E-state index is 0.0630. The van der Waals surface area contributed by atoms with Crippen LogP contribution in [0.3, 0.4) is 0 Å². The van der Waals surface area contributed by atoms with E-state index < -0.39 is 0 Å². The van der Waals surface area contributed by atoms with E-state index >= 15 is 0 Å². The molecule has 144 valence electrons. The highest BCUT2D eigenvalue weighted by atomic mass is 16.5. The Balaban J connectivity index is 1.29. The lowest BCUT2D eigenvalue weighted by Gasteiger charge is -2.22. The van der Waals surface area contributed by atoms with Gasteiger partial charge >= 0.3 is 0 Å². The zero-order valence-corrected chi connectivity index (χ0v) is 16.0. The van der Waals surface area contributed by atoms with Crippen LogP contribution in [0.4, 0.5) is 0 Å². The summed E-state index contributed by atoms with van der Waals surface area (Å²) in [6, 6.07) is 10.7. The smallest absolute Gasteiger partial charge is 0.276 e. The second-order valence-electron chi connectivity index (χ2n) is 7.72. The molecule has 0 atom stereocenters. The van der Waals surface area contributed by atoms with Gasteiger partial charge in [-0.15, -0.1) is 0 Å². The molecule has 1 aromatic carbocycles. The molecule has 2 aromatic rings. The molecule has 1 aromatic heterocycles. The molecule has 4 rings (SSSR count). The standard InChI is InChI=1S/C22H29N3O2/c26-22(21-19-11-4-5-12-20(19)27-23-21)25-15-7-14-24(16-17-25)13-6-10-18-8-2-1-3-9-18/h1-3,8-9H,4-7,10-17H2. The van der Waals surface area contributed by atoms with Crippen LogP contribution >= 0.6 is 0 Å². The van der Waals surface area contributed by atoms with Gasteiger partial charge in [0.2, 0.25) is 0 Å². The van der Waals surface area contributed by atoms with Gasteiger partial charge in [0.1, 0.15) is 5.76 Å². The van der Waals surface area contributed by atoms with Gasteiger partial charge in [-0.25, -0.2) is 0 Å². The van der Waals surface area contributed by atoms with E-state index in [2.05, 4.69) is 40.4 Å². The fourth-order valence-electron chi connectivity index (χ4n) is 4.25. The zero-order chi connectivity index (χ0) is 18.5. The Morgan fingerprint density at radius 3 is 2.74 bits per heavy atom. The van der Waals surface area contributed by atoms with E-state index in [0.29, 0.717) is 5.69 Å². The van der Waals surface area contributed by atoms with Gasteiger partial charge in [-0.2, -0.15) is 0 Å². The van der Waals surface area contributed by atoms with Crippen LogP contribution in [-0.4, -0.2) is 53.6 Å². The number of rotatable bonds is 5. The maximum absolute atomic E-state index is 13.0. The number of amides is 1. The van der Waals surface area contributed by atoms with Crippen molar-refractivity contribution in [1.29, 1.82) is 0 Å². The van der Waals surface area contributed by atoms with Crippen molar-refractivity contribution in [1.82, 2.24) is 15.0 Å². The normalized spacial score (nSPS) is 18.1. The van der Waals surface area contributed by atoms with Crippen molar-refractivity contribution in [3.63, 3.8) is 0 Å².